The molecule has 78 valence electrons. The Morgan fingerprint density at radius 3 is 2.43 bits per heavy atom. The van der Waals surface area contributed by atoms with Gasteiger partial charge in [0, 0.05) is 16.2 Å². The van der Waals surface area contributed by atoms with E-state index < -0.39 is 0 Å². The minimum Gasteiger partial charge on any atom is -0.381 e. The van der Waals surface area contributed by atoms with Crippen molar-refractivity contribution in [1.29, 1.82) is 0 Å². The van der Waals surface area contributed by atoms with Crippen LogP contribution in [0.4, 0.5) is 5.69 Å². The first-order valence-electron chi connectivity index (χ1n) is 5.03. The molecule has 0 aliphatic rings. The van der Waals surface area contributed by atoms with Gasteiger partial charge >= 0.3 is 0 Å². The highest BCUT2D eigenvalue weighted by molar-refractivity contribution is 9.10. The molecule has 0 fully saturated rings. The first-order chi connectivity index (χ1) is 6.50. The molecule has 0 radical (unpaired) electrons. The Morgan fingerprint density at radius 2 is 1.86 bits per heavy atom. The van der Waals surface area contributed by atoms with Gasteiger partial charge in [-0.05, 0) is 53.4 Å². The van der Waals surface area contributed by atoms with Crippen LogP contribution in [-0.2, 0) is 0 Å². The Kier molecular flexibility index (Phi) is 3.99. The molecule has 1 rings (SSSR count). The van der Waals surface area contributed by atoms with Crippen LogP contribution in [0.25, 0.3) is 0 Å². The first kappa shape index (κ1) is 11.6. The van der Waals surface area contributed by atoms with E-state index in [1.165, 1.54) is 11.3 Å². The summed E-state index contributed by atoms with van der Waals surface area (Å²) in [7, 11) is 0. The van der Waals surface area contributed by atoms with Crippen LogP contribution in [0.2, 0.25) is 0 Å². The minimum absolute atomic E-state index is 0.494. The van der Waals surface area contributed by atoms with E-state index in [9.17, 15) is 0 Å². The average Bonchev–Trinajstić information content (AvgIpc) is 2.11. The molecule has 0 heterocycles. The second-order valence-corrected chi connectivity index (χ2v) is 5.01. The molecule has 1 aromatic carbocycles. The lowest BCUT2D eigenvalue weighted by Gasteiger charge is -2.20. The molecule has 0 aliphatic carbocycles. The summed E-state index contributed by atoms with van der Waals surface area (Å²) < 4.78 is 1.13. The number of benzene rings is 1. The first-order valence-corrected chi connectivity index (χ1v) is 5.82. The summed E-state index contributed by atoms with van der Waals surface area (Å²) in [6.45, 7) is 8.76. The van der Waals surface area contributed by atoms with Crippen molar-refractivity contribution in [2.75, 3.05) is 5.32 Å². The highest BCUT2D eigenvalue weighted by atomic mass is 79.9. The van der Waals surface area contributed by atoms with Gasteiger partial charge in [0.25, 0.3) is 0 Å². The fourth-order valence-corrected chi connectivity index (χ4v) is 1.52. The molecule has 0 amide bonds. The lowest BCUT2D eigenvalue weighted by molar-refractivity contribution is 0.560. The molecule has 1 atom stereocenters. The predicted molar refractivity (Wildman–Crippen MR) is 66.8 cm³/mol. The fourth-order valence-electron chi connectivity index (χ4n) is 1.16. The number of hydrogen-bond donors (Lipinski definition) is 1. The molecule has 0 aromatic heterocycles. The van der Waals surface area contributed by atoms with Gasteiger partial charge in [-0.3, -0.25) is 0 Å². The quantitative estimate of drug-likeness (QED) is 0.854. The van der Waals surface area contributed by atoms with Gasteiger partial charge in [-0.15, -0.1) is 0 Å². The van der Waals surface area contributed by atoms with Crippen LogP contribution in [0.1, 0.15) is 26.3 Å². The average molecular weight is 256 g/mol. The smallest absolute Gasteiger partial charge is 0.0489 e. The zero-order valence-electron chi connectivity index (χ0n) is 9.26. The Morgan fingerprint density at radius 1 is 1.21 bits per heavy atom. The van der Waals surface area contributed by atoms with Crippen molar-refractivity contribution in [3.63, 3.8) is 0 Å². The lowest BCUT2D eigenvalue weighted by Crippen LogP contribution is -2.21. The van der Waals surface area contributed by atoms with Crippen molar-refractivity contribution >= 4 is 21.6 Å². The van der Waals surface area contributed by atoms with Crippen LogP contribution in [0, 0.1) is 12.8 Å². The van der Waals surface area contributed by atoms with Crippen LogP contribution in [0.3, 0.4) is 0 Å². The van der Waals surface area contributed by atoms with Gasteiger partial charge in [0.15, 0.2) is 0 Å². The van der Waals surface area contributed by atoms with Crippen molar-refractivity contribution in [2.24, 2.45) is 5.92 Å². The van der Waals surface area contributed by atoms with Crippen molar-refractivity contribution in [1.82, 2.24) is 0 Å². The molecule has 1 nitrogen and oxygen atoms in total. The Labute approximate surface area is 95.0 Å². The number of halogens is 1. The Bertz CT molecular complexity index is 307. The minimum atomic E-state index is 0.494. The van der Waals surface area contributed by atoms with E-state index in [2.05, 4.69) is 67.1 Å². The van der Waals surface area contributed by atoms with E-state index in [0.717, 1.165) is 4.47 Å². The summed E-state index contributed by atoms with van der Waals surface area (Å²) in [5.74, 6) is 0.641. The third-order valence-corrected chi connectivity index (χ3v) is 3.20. The van der Waals surface area contributed by atoms with Gasteiger partial charge in [0.1, 0.15) is 0 Å². The van der Waals surface area contributed by atoms with E-state index in [4.69, 9.17) is 0 Å². The maximum Gasteiger partial charge on any atom is 0.0489 e. The van der Waals surface area contributed by atoms with E-state index in [-0.39, 0.29) is 0 Å². The topological polar surface area (TPSA) is 12.0 Å². The molecule has 0 saturated carbocycles. The van der Waals surface area contributed by atoms with E-state index in [1.54, 1.807) is 0 Å². The summed E-state index contributed by atoms with van der Waals surface area (Å²) in [6, 6.07) is 6.86. The third kappa shape index (κ3) is 3.02. The lowest BCUT2D eigenvalue weighted by atomic mass is 10.1. The molecule has 0 aliphatic heterocycles. The standard InChI is InChI=1S/C12H18BrN/c1-8(2)10(4)14-12-7-9(3)5-6-11(12)13/h5-8,10,14H,1-4H3. The van der Waals surface area contributed by atoms with E-state index in [1.807, 2.05) is 0 Å². The molecule has 0 saturated heterocycles. The van der Waals surface area contributed by atoms with Crippen molar-refractivity contribution in [3.8, 4) is 0 Å². The fraction of sp³-hybridized carbons (Fsp3) is 0.500. The van der Waals surface area contributed by atoms with Crippen LogP contribution in [0.15, 0.2) is 22.7 Å². The molecule has 2 heteroatoms. The maximum atomic E-state index is 3.55. The van der Waals surface area contributed by atoms with Gasteiger partial charge < -0.3 is 5.32 Å². The zero-order valence-corrected chi connectivity index (χ0v) is 10.9. The molecule has 0 bridgehead atoms. The second kappa shape index (κ2) is 4.83. The molecule has 14 heavy (non-hydrogen) atoms. The summed E-state index contributed by atoms with van der Waals surface area (Å²) in [5.41, 5.74) is 2.47. The van der Waals surface area contributed by atoms with Gasteiger partial charge in [0.05, 0.1) is 0 Å². The summed E-state index contributed by atoms with van der Waals surface area (Å²) in [5, 5.41) is 3.50. The van der Waals surface area contributed by atoms with Crippen molar-refractivity contribution < 1.29 is 0 Å². The molecule has 1 aromatic rings. The largest absolute Gasteiger partial charge is 0.381 e. The SMILES string of the molecule is Cc1ccc(Br)c(NC(C)C(C)C)c1. The number of hydrogen-bond acceptors (Lipinski definition) is 1. The summed E-state index contributed by atoms with van der Waals surface area (Å²) in [6.07, 6.45) is 0. The highest BCUT2D eigenvalue weighted by Gasteiger charge is 2.08. The normalized spacial score (nSPS) is 13.0. The van der Waals surface area contributed by atoms with Crippen LogP contribution in [0.5, 0.6) is 0 Å². The summed E-state index contributed by atoms with van der Waals surface area (Å²) in [4.78, 5) is 0. The third-order valence-electron chi connectivity index (χ3n) is 2.51. The Balaban J connectivity index is 2.80. The van der Waals surface area contributed by atoms with Crippen LogP contribution in [-0.4, -0.2) is 6.04 Å². The van der Waals surface area contributed by atoms with Crippen LogP contribution < -0.4 is 5.32 Å². The van der Waals surface area contributed by atoms with Gasteiger partial charge in [0.2, 0.25) is 0 Å². The van der Waals surface area contributed by atoms with Crippen LogP contribution >= 0.6 is 15.9 Å². The number of aryl methyl sites for hydroxylation is 1. The molecule has 1 N–H and O–H groups in total. The molecule has 0 spiro atoms. The number of rotatable bonds is 3. The molecule has 1 unspecified atom stereocenters. The second-order valence-electron chi connectivity index (χ2n) is 4.16. The monoisotopic (exact) mass is 255 g/mol. The van der Waals surface area contributed by atoms with Crippen molar-refractivity contribution in [3.05, 3.63) is 28.2 Å². The maximum absolute atomic E-state index is 3.55. The Hall–Kier alpha value is -0.500. The predicted octanol–water partition coefficient (Wildman–Crippen LogP) is 4.21. The zero-order chi connectivity index (χ0) is 10.7. The molecular weight excluding hydrogens is 238 g/mol. The van der Waals surface area contributed by atoms with E-state index >= 15 is 0 Å². The number of anilines is 1. The van der Waals surface area contributed by atoms with E-state index in [0.29, 0.717) is 12.0 Å². The van der Waals surface area contributed by atoms with Gasteiger partial charge in [-0.1, -0.05) is 19.9 Å². The van der Waals surface area contributed by atoms with Gasteiger partial charge in [-0.2, -0.15) is 0 Å². The van der Waals surface area contributed by atoms with Gasteiger partial charge in [-0.25, -0.2) is 0 Å². The highest BCUT2D eigenvalue weighted by Crippen LogP contribution is 2.24. The molecular formula is C12H18BrN. The number of nitrogens with one attached hydrogen (secondary N) is 1. The van der Waals surface area contributed by atoms with Crippen molar-refractivity contribution in [2.45, 2.75) is 33.7 Å². The summed E-state index contributed by atoms with van der Waals surface area (Å²) >= 11 is 3.55.